The van der Waals surface area contributed by atoms with Crippen molar-refractivity contribution in [3.8, 4) is 11.4 Å². The van der Waals surface area contributed by atoms with Gasteiger partial charge in [-0.1, -0.05) is 48.5 Å². The molecule has 0 saturated carbocycles. The van der Waals surface area contributed by atoms with Crippen LogP contribution in [0, 0.1) is 13.8 Å². The molecule has 4 rings (SSSR count). The zero-order valence-corrected chi connectivity index (χ0v) is 17.5. The number of aromatic nitrogens is 3. The van der Waals surface area contributed by atoms with E-state index in [4.69, 9.17) is 4.74 Å². The molecular formula is C26H23N3O2. The molecule has 0 spiro atoms. The molecule has 1 heterocycles. The minimum Gasteiger partial charge on any atom is -0.488 e. The summed E-state index contributed by atoms with van der Waals surface area (Å²) in [6, 6.07) is 23.3. The molecule has 154 valence electrons. The van der Waals surface area contributed by atoms with Crippen LogP contribution in [0.4, 0.5) is 0 Å². The number of carbonyl (C=O) groups is 1. The maximum Gasteiger partial charge on any atom is 0.189 e. The summed E-state index contributed by atoms with van der Waals surface area (Å²) in [5.74, 6) is 0.440. The Labute approximate surface area is 181 Å². The van der Waals surface area contributed by atoms with Gasteiger partial charge in [0.2, 0.25) is 0 Å². The standard InChI is InChI=1S/C26H23N3O2/c1-19-15-24(26(16-20(19)2)31-18-21-9-5-3-6-10-21)25(30)14-13-22-17-27-29(28-22)23-11-7-4-8-12-23/h3-17H,18H2,1-2H3/b14-13-. The van der Waals surface area contributed by atoms with Crippen molar-refractivity contribution in [3.05, 3.63) is 113 Å². The van der Waals surface area contributed by atoms with E-state index in [0.717, 1.165) is 22.4 Å². The second-order valence-electron chi connectivity index (χ2n) is 7.30. The van der Waals surface area contributed by atoms with Crippen molar-refractivity contribution in [3.63, 3.8) is 0 Å². The van der Waals surface area contributed by atoms with Crippen LogP contribution in [0.15, 0.2) is 85.1 Å². The largest absolute Gasteiger partial charge is 0.488 e. The second kappa shape index (κ2) is 9.22. The number of hydrogen-bond acceptors (Lipinski definition) is 4. The van der Waals surface area contributed by atoms with Crippen molar-refractivity contribution in [2.45, 2.75) is 20.5 Å². The number of ether oxygens (including phenoxy) is 1. The number of nitrogens with zero attached hydrogens (tertiary/aromatic N) is 3. The summed E-state index contributed by atoms with van der Waals surface area (Å²) < 4.78 is 6.01. The number of hydrogen-bond donors (Lipinski definition) is 0. The predicted molar refractivity (Wildman–Crippen MR) is 121 cm³/mol. The lowest BCUT2D eigenvalue weighted by molar-refractivity contribution is 0.104. The van der Waals surface area contributed by atoms with Crippen molar-refractivity contribution < 1.29 is 9.53 Å². The van der Waals surface area contributed by atoms with Gasteiger partial charge in [0.05, 0.1) is 17.4 Å². The van der Waals surface area contributed by atoms with Crippen LogP contribution < -0.4 is 4.74 Å². The van der Waals surface area contributed by atoms with Crippen LogP contribution in [0.5, 0.6) is 5.75 Å². The van der Waals surface area contributed by atoms with Crippen LogP contribution in [-0.4, -0.2) is 20.8 Å². The summed E-state index contributed by atoms with van der Waals surface area (Å²) in [4.78, 5) is 14.5. The van der Waals surface area contributed by atoms with E-state index in [2.05, 4.69) is 10.2 Å². The highest BCUT2D eigenvalue weighted by molar-refractivity contribution is 6.08. The van der Waals surface area contributed by atoms with Crippen molar-refractivity contribution >= 4 is 11.9 Å². The fourth-order valence-electron chi connectivity index (χ4n) is 3.12. The Morgan fingerprint density at radius 3 is 2.39 bits per heavy atom. The summed E-state index contributed by atoms with van der Waals surface area (Å²) in [6.45, 7) is 4.40. The Morgan fingerprint density at radius 2 is 1.65 bits per heavy atom. The summed E-state index contributed by atoms with van der Waals surface area (Å²) in [6.07, 6.45) is 4.81. The lowest BCUT2D eigenvalue weighted by atomic mass is 10.0. The van der Waals surface area contributed by atoms with Crippen LogP contribution in [0.2, 0.25) is 0 Å². The lowest BCUT2D eigenvalue weighted by Crippen LogP contribution is -2.04. The Bertz CT molecular complexity index is 1210. The van der Waals surface area contributed by atoms with Crippen LogP contribution in [0.25, 0.3) is 11.8 Å². The van der Waals surface area contributed by atoms with Gasteiger partial charge in [-0.05, 0) is 67.0 Å². The summed E-state index contributed by atoms with van der Waals surface area (Å²) in [5.41, 5.74) is 5.16. The molecule has 5 heteroatoms. The average molecular weight is 409 g/mol. The van der Waals surface area contributed by atoms with E-state index >= 15 is 0 Å². The number of carbonyl (C=O) groups excluding carboxylic acids is 1. The molecule has 0 fully saturated rings. The van der Waals surface area contributed by atoms with E-state index in [-0.39, 0.29) is 5.78 Å². The van der Waals surface area contributed by atoms with Crippen molar-refractivity contribution in [2.75, 3.05) is 0 Å². The molecule has 0 aliphatic carbocycles. The highest BCUT2D eigenvalue weighted by atomic mass is 16.5. The third-order valence-corrected chi connectivity index (χ3v) is 5.00. The molecule has 3 aromatic carbocycles. The van der Waals surface area contributed by atoms with Gasteiger partial charge in [-0.15, -0.1) is 5.10 Å². The molecule has 0 N–H and O–H groups in total. The van der Waals surface area contributed by atoms with Crippen molar-refractivity contribution in [2.24, 2.45) is 0 Å². The topological polar surface area (TPSA) is 57.0 Å². The fraction of sp³-hybridized carbons (Fsp3) is 0.115. The number of rotatable bonds is 7. The monoisotopic (exact) mass is 409 g/mol. The van der Waals surface area contributed by atoms with Crippen molar-refractivity contribution in [1.82, 2.24) is 15.0 Å². The quantitative estimate of drug-likeness (QED) is 0.305. The van der Waals surface area contributed by atoms with Crippen LogP contribution in [0.3, 0.4) is 0 Å². The van der Waals surface area contributed by atoms with Gasteiger partial charge >= 0.3 is 0 Å². The van der Waals surface area contributed by atoms with E-state index in [0.29, 0.717) is 23.6 Å². The van der Waals surface area contributed by atoms with E-state index in [1.54, 1.807) is 12.3 Å². The maximum absolute atomic E-state index is 13.0. The normalized spacial score (nSPS) is 11.0. The highest BCUT2D eigenvalue weighted by Gasteiger charge is 2.13. The Balaban J connectivity index is 1.53. The summed E-state index contributed by atoms with van der Waals surface area (Å²) >= 11 is 0. The predicted octanol–water partition coefficient (Wildman–Crippen LogP) is 5.36. The van der Waals surface area contributed by atoms with E-state index in [9.17, 15) is 4.79 Å². The molecule has 31 heavy (non-hydrogen) atoms. The molecule has 0 aliphatic heterocycles. The van der Waals surface area contributed by atoms with Gasteiger partial charge < -0.3 is 4.74 Å². The lowest BCUT2D eigenvalue weighted by Gasteiger charge is -2.13. The Morgan fingerprint density at radius 1 is 0.968 bits per heavy atom. The van der Waals surface area contributed by atoms with Crippen LogP contribution in [-0.2, 0) is 6.61 Å². The van der Waals surface area contributed by atoms with E-state index in [1.807, 2.05) is 86.6 Å². The number of aryl methyl sites for hydroxylation is 2. The first kappa shape index (κ1) is 20.3. The van der Waals surface area contributed by atoms with Crippen molar-refractivity contribution in [1.29, 1.82) is 0 Å². The summed E-state index contributed by atoms with van der Waals surface area (Å²) in [7, 11) is 0. The molecule has 4 aromatic rings. The fourth-order valence-corrected chi connectivity index (χ4v) is 3.12. The number of ketones is 1. The smallest absolute Gasteiger partial charge is 0.189 e. The third-order valence-electron chi connectivity index (χ3n) is 5.00. The first-order valence-corrected chi connectivity index (χ1v) is 10.1. The average Bonchev–Trinajstić information content (AvgIpc) is 3.28. The SMILES string of the molecule is Cc1cc(OCc2ccccc2)c(C(=O)/C=C\c2cnn(-c3ccccc3)n2)cc1C. The number of benzene rings is 3. The van der Waals surface area contributed by atoms with Crippen LogP contribution in [0.1, 0.15) is 32.7 Å². The van der Waals surface area contributed by atoms with Crippen LogP contribution >= 0.6 is 0 Å². The van der Waals surface area contributed by atoms with E-state index < -0.39 is 0 Å². The molecule has 0 amide bonds. The molecule has 0 bridgehead atoms. The molecule has 1 aromatic heterocycles. The van der Waals surface area contributed by atoms with Gasteiger partial charge in [0, 0.05) is 0 Å². The zero-order valence-electron chi connectivity index (χ0n) is 17.5. The first-order chi connectivity index (χ1) is 15.1. The summed E-state index contributed by atoms with van der Waals surface area (Å²) in [5, 5.41) is 8.67. The third kappa shape index (κ3) is 4.95. The van der Waals surface area contributed by atoms with Gasteiger partial charge in [-0.2, -0.15) is 9.90 Å². The second-order valence-corrected chi connectivity index (χ2v) is 7.30. The molecule has 5 nitrogen and oxygen atoms in total. The van der Waals surface area contributed by atoms with Gasteiger partial charge in [-0.25, -0.2) is 0 Å². The molecule has 0 unspecified atom stereocenters. The minimum atomic E-state index is -0.138. The van der Waals surface area contributed by atoms with Gasteiger partial charge in [0.1, 0.15) is 18.1 Å². The number of para-hydroxylation sites is 1. The Kier molecular flexibility index (Phi) is 6.03. The van der Waals surface area contributed by atoms with Gasteiger partial charge in [-0.3, -0.25) is 4.79 Å². The molecular weight excluding hydrogens is 386 g/mol. The minimum absolute atomic E-state index is 0.138. The molecule has 0 aliphatic rings. The molecule has 0 atom stereocenters. The number of allylic oxidation sites excluding steroid dienone is 1. The van der Waals surface area contributed by atoms with E-state index in [1.165, 1.54) is 10.9 Å². The Hall–Kier alpha value is -3.99. The molecule has 0 radical (unpaired) electrons. The highest BCUT2D eigenvalue weighted by Crippen LogP contribution is 2.25. The maximum atomic E-state index is 13.0. The zero-order chi connectivity index (χ0) is 21.6. The first-order valence-electron chi connectivity index (χ1n) is 10.1. The van der Waals surface area contributed by atoms with Gasteiger partial charge in [0.15, 0.2) is 5.78 Å². The van der Waals surface area contributed by atoms with Gasteiger partial charge in [0.25, 0.3) is 0 Å². The molecule has 0 saturated heterocycles.